The molecule has 0 bridgehead atoms. The highest BCUT2D eigenvalue weighted by atomic mass is 79.9. The molecule has 1 fully saturated rings. The summed E-state index contributed by atoms with van der Waals surface area (Å²) in [6.07, 6.45) is -0.0963. The van der Waals surface area contributed by atoms with Gasteiger partial charge < -0.3 is 25.1 Å². The second-order valence-corrected chi connectivity index (χ2v) is 11.6. The minimum absolute atomic E-state index is 0.219. The van der Waals surface area contributed by atoms with E-state index in [9.17, 15) is 18.3 Å². The summed E-state index contributed by atoms with van der Waals surface area (Å²) in [6, 6.07) is 22.2. The Morgan fingerprint density at radius 1 is 0.972 bits per heavy atom. The quantitative estimate of drug-likeness (QED) is 0.388. The molecule has 0 spiro atoms. The molecule has 3 aromatic rings. The number of halogens is 1. The van der Waals surface area contributed by atoms with Gasteiger partial charge in [0.05, 0.1) is 18.1 Å². The molecule has 1 heterocycles. The molecule has 10 heteroatoms. The third-order valence-corrected chi connectivity index (χ3v) is 8.64. The molecule has 1 aliphatic rings. The highest BCUT2D eigenvalue weighted by Crippen LogP contribution is 2.35. The Hall–Kier alpha value is -2.76. The van der Waals surface area contributed by atoms with E-state index in [0.29, 0.717) is 12.2 Å². The van der Waals surface area contributed by atoms with Gasteiger partial charge in [-0.05, 0) is 53.9 Å². The number of aliphatic carboxylic acids is 1. The van der Waals surface area contributed by atoms with Crippen molar-refractivity contribution >= 4 is 31.7 Å². The van der Waals surface area contributed by atoms with Crippen LogP contribution in [0.3, 0.4) is 0 Å². The van der Waals surface area contributed by atoms with Gasteiger partial charge >= 0.3 is 5.97 Å². The van der Waals surface area contributed by atoms with Crippen LogP contribution in [-0.4, -0.2) is 50.0 Å². The van der Waals surface area contributed by atoms with Crippen molar-refractivity contribution in [3.05, 3.63) is 83.3 Å². The summed E-state index contributed by atoms with van der Waals surface area (Å²) in [4.78, 5) is 9.44. The Kier molecular flexibility index (Phi) is 7.82. The molecule has 0 radical (unpaired) electrons. The van der Waals surface area contributed by atoms with Crippen LogP contribution in [0.2, 0.25) is 0 Å². The molecule has 0 aromatic heterocycles. The van der Waals surface area contributed by atoms with Crippen molar-refractivity contribution in [1.82, 2.24) is 0 Å². The summed E-state index contributed by atoms with van der Waals surface area (Å²) < 4.78 is 45.5. The molecule has 0 saturated carbocycles. The predicted octanol–water partition coefficient (Wildman–Crippen LogP) is 4.23. The summed E-state index contributed by atoms with van der Waals surface area (Å²) in [7, 11) is -4.57. The molecule has 36 heavy (non-hydrogen) atoms. The lowest BCUT2D eigenvalue weighted by Crippen LogP contribution is -2.62. The van der Waals surface area contributed by atoms with Gasteiger partial charge in [0.25, 0.3) is 0 Å². The number of para-hydroxylation sites is 1. The zero-order chi connectivity index (χ0) is 25.8. The highest BCUT2D eigenvalue weighted by Gasteiger charge is 2.56. The van der Waals surface area contributed by atoms with Crippen LogP contribution in [-0.2, 0) is 24.1 Å². The van der Waals surface area contributed by atoms with E-state index in [1.807, 2.05) is 30.3 Å². The lowest BCUT2D eigenvalue weighted by atomic mass is 10.1. The molecule has 1 saturated heterocycles. The average Bonchev–Trinajstić information content (AvgIpc) is 2.89. The second kappa shape index (κ2) is 10.7. The maximum absolute atomic E-state index is 13.6. The number of hydrogen-bond acceptors (Lipinski definition) is 7. The minimum atomic E-state index is -4.57. The molecule has 0 aliphatic carbocycles. The molecule has 1 unspecified atom stereocenters. The number of carboxylic acids is 1. The van der Waals surface area contributed by atoms with Gasteiger partial charge in [0.2, 0.25) is 20.5 Å². The largest absolute Gasteiger partial charge is 0.488 e. The van der Waals surface area contributed by atoms with Crippen molar-refractivity contribution in [3.63, 3.8) is 0 Å². The van der Waals surface area contributed by atoms with E-state index >= 15 is 0 Å². The lowest BCUT2D eigenvalue weighted by Gasteiger charge is -2.40. The maximum atomic E-state index is 13.6. The standard InChI is InChI=1S/C26H26BrNO7S/c27-21-11-7-19(8-12-21)20-9-13-23(14-10-20)36(31,32)26(28,24(29)30)17-25(34-15-4-16-35-25)18-33-22-5-2-1-3-6-22/h1-3,5-14H,4,15-18,28H2,(H,29,30). The molecule has 1 atom stereocenters. The van der Waals surface area contributed by atoms with E-state index in [1.165, 1.54) is 12.1 Å². The summed E-state index contributed by atoms with van der Waals surface area (Å²) in [5.41, 5.74) is 7.84. The maximum Gasteiger partial charge on any atom is 0.340 e. The molecule has 8 nitrogen and oxygen atoms in total. The Bertz CT molecular complexity index is 1290. The third-order valence-electron chi connectivity index (χ3n) is 5.94. The molecular formula is C26H26BrNO7S. The minimum Gasteiger partial charge on any atom is -0.488 e. The van der Waals surface area contributed by atoms with E-state index in [0.717, 1.165) is 15.6 Å². The zero-order valence-electron chi connectivity index (χ0n) is 19.3. The molecular weight excluding hydrogens is 550 g/mol. The van der Waals surface area contributed by atoms with Crippen molar-refractivity contribution in [2.45, 2.75) is 28.4 Å². The van der Waals surface area contributed by atoms with Crippen LogP contribution in [0, 0.1) is 0 Å². The highest BCUT2D eigenvalue weighted by molar-refractivity contribution is 9.10. The number of carbonyl (C=O) groups is 1. The molecule has 4 rings (SSSR count). The SMILES string of the molecule is NC(CC1(COc2ccccc2)OCCCO1)(C(=O)O)S(=O)(=O)c1ccc(-c2ccc(Br)cc2)cc1. The van der Waals surface area contributed by atoms with Crippen LogP contribution in [0.5, 0.6) is 5.75 Å². The van der Waals surface area contributed by atoms with Gasteiger partial charge in [-0.1, -0.05) is 58.4 Å². The smallest absolute Gasteiger partial charge is 0.340 e. The first-order valence-electron chi connectivity index (χ1n) is 11.2. The number of rotatable bonds is 9. The van der Waals surface area contributed by atoms with Crippen molar-refractivity contribution in [3.8, 4) is 16.9 Å². The summed E-state index contributed by atoms with van der Waals surface area (Å²) >= 11 is 3.38. The molecule has 0 amide bonds. The van der Waals surface area contributed by atoms with E-state index in [4.69, 9.17) is 19.9 Å². The first-order chi connectivity index (χ1) is 17.2. The van der Waals surface area contributed by atoms with Gasteiger partial charge in [-0.25, -0.2) is 13.2 Å². The Morgan fingerprint density at radius 2 is 1.53 bits per heavy atom. The van der Waals surface area contributed by atoms with Crippen LogP contribution < -0.4 is 10.5 Å². The fourth-order valence-corrected chi connectivity index (χ4v) is 5.75. The van der Waals surface area contributed by atoms with Gasteiger partial charge in [0.1, 0.15) is 12.4 Å². The number of benzene rings is 3. The van der Waals surface area contributed by atoms with Crippen LogP contribution in [0.15, 0.2) is 88.2 Å². The topological polar surface area (TPSA) is 125 Å². The van der Waals surface area contributed by atoms with Gasteiger partial charge in [-0.3, -0.25) is 0 Å². The van der Waals surface area contributed by atoms with Crippen LogP contribution in [0.4, 0.5) is 0 Å². The monoisotopic (exact) mass is 575 g/mol. The zero-order valence-corrected chi connectivity index (χ0v) is 21.7. The summed E-state index contributed by atoms with van der Waals surface area (Å²) in [6.45, 7) is 0.257. The number of carboxylic acid groups (broad SMARTS) is 1. The van der Waals surface area contributed by atoms with E-state index in [2.05, 4.69) is 15.9 Å². The molecule has 3 aromatic carbocycles. The summed E-state index contributed by atoms with van der Waals surface area (Å²) in [5, 5.41) is 10.1. The Labute approximate surface area is 218 Å². The first kappa shape index (κ1) is 26.3. The van der Waals surface area contributed by atoms with Crippen LogP contribution in [0.25, 0.3) is 11.1 Å². The van der Waals surface area contributed by atoms with E-state index in [1.54, 1.807) is 36.4 Å². The first-order valence-corrected chi connectivity index (χ1v) is 13.5. The van der Waals surface area contributed by atoms with Crippen molar-refractivity contribution in [2.24, 2.45) is 5.73 Å². The van der Waals surface area contributed by atoms with Crippen molar-refractivity contribution < 1.29 is 32.5 Å². The third kappa shape index (κ3) is 5.47. The molecule has 190 valence electrons. The normalized spacial score (nSPS) is 17.2. The molecule has 3 N–H and O–H groups in total. The van der Waals surface area contributed by atoms with Gasteiger partial charge in [-0.2, -0.15) is 0 Å². The lowest BCUT2D eigenvalue weighted by molar-refractivity contribution is -0.284. The average molecular weight is 576 g/mol. The Balaban J connectivity index is 1.63. The summed E-state index contributed by atoms with van der Waals surface area (Å²) in [5.74, 6) is -2.87. The number of hydrogen-bond donors (Lipinski definition) is 2. The van der Waals surface area contributed by atoms with E-state index in [-0.39, 0.29) is 24.7 Å². The Morgan fingerprint density at radius 3 is 2.08 bits per heavy atom. The fourth-order valence-electron chi connectivity index (χ4n) is 3.93. The number of ether oxygens (including phenoxy) is 3. The number of sulfone groups is 1. The van der Waals surface area contributed by atoms with Crippen molar-refractivity contribution in [2.75, 3.05) is 19.8 Å². The molecule has 1 aliphatic heterocycles. The number of nitrogens with two attached hydrogens (primary N) is 1. The van der Waals surface area contributed by atoms with Gasteiger partial charge in [0.15, 0.2) is 0 Å². The fraction of sp³-hybridized carbons (Fsp3) is 0.269. The van der Waals surface area contributed by atoms with E-state index < -0.39 is 32.9 Å². The van der Waals surface area contributed by atoms with Gasteiger partial charge in [0, 0.05) is 10.9 Å². The van der Waals surface area contributed by atoms with Crippen molar-refractivity contribution in [1.29, 1.82) is 0 Å². The second-order valence-electron chi connectivity index (χ2n) is 8.47. The predicted molar refractivity (Wildman–Crippen MR) is 137 cm³/mol. The van der Waals surface area contributed by atoms with Gasteiger partial charge in [-0.15, -0.1) is 0 Å². The van der Waals surface area contributed by atoms with Crippen LogP contribution >= 0.6 is 15.9 Å². The van der Waals surface area contributed by atoms with Crippen LogP contribution in [0.1, 0.15) is 12.8 Å².